The van der Waals surface area contributed by atoms with Crippen LogP contribution >= 0.6 is 11.8 Å². The van der Waals surface area contributed by atoms with E-state index >= 15 is 0 Å². The Morgan fingerprint density at radius 2 is 1.87 bits per heavy atom. The van der Waals surface area contributed by atoms with Gasteiger partial charge in [0.15, 0.2) is 0 Å². The molecule has 4 aromatic rings. The van der Waals surface area contributed by atoms with Gasteiger partial charge in [-0.05, 0) is 61.2 Å². The number of carbonyl (C=O) groups excluding carboxylic acids is 1. The first-order valence-electron chi connectivity index (χ1n) is 13.2. The predicted octanol–water partition coefficient (Wildman–Crippen LogP) is 6.99. The van der Waals surface area contributed by atoms with Crippen molar-refractivity contribution in [3.05, 3.63) is 107 Å². The number of hydrogen-bond acceptors (Lipinski definition) is 6. The maximum atomic E-state index is 13.8. The monoisotopic (exact) mass is 539 g/mol. The first kappa shape index (κ1) is 26.6. The summed E-state index contributed by atoms with van der Waals surface area (Å²) in [7, 11) is 0. The third kappa shape index (κ3) is 6.34. The number of nitrogens with zero attached hydrogens (tertiary/aromatic N) is 3. The number of benzene rings is 3. The highest BCUT2D eigenvalue weighted by atomic mass is 32.2. The fraction of sp³-hybridized carbons (Fsp3) is 0.258. The van der Waals surface area contributed by atoms with Crippen LogP contribution in [0.15, 0.2) is 95.3 Å². The molecule has 3 aromatic carbocycles. The highest BCUT2D eigenvalue weighted by Gasteiger charge is 2.34. The number of amides is 1. The van der Waals surface area contributed by atoms with E-state index in [1.807, 2.05) is 85.3 Å². The van der Waals surface area contributed by atoms with Crippen LogP contribution in [0.25, 0.3) is 0 Å². The van der Waals surface area contributed by atoms with Crippen molar-refractivity contribution in [2.24, 2.45) is 0 Å². The molecule has 2 N–H and O–H groups in total. The van der Waals surface area contributed by atoms with Gasteiger partial charge in [-0.1, -0.05) is 79.7 Å². The van der Waals surface area contributed by atoms with E-state index < -0.39 is 6.04 Å². The van der Waals surface area contributed by atoms with Crippen LogP contribution in [0.4, 0.5) is 11.6 Å². The zero-order valence-electron chi connectivity index (χ0n) is 22.5. The molecule has 1 aliphatic rings. The van der Waals surface area contributed by atoms with Crippen molar-refractivity contribution in [1.29, 1.82) is 0 Å². The van der Waals surface area contributed by atoms with Crippen LogP contribution in [-0.2, 0) is 10.5 Å². The minimum absolute atomic E-state index is 0.187. The number of rotatable bonds is 10. The summed E-state index contributed by atoms with van der Waals surface area (Å²) in [4.78, 5) is 18.6. The molecular weight excluding hydrogens is 506 g/mol. The smallest absolute Gasteiger partial charge is 0.255 e. The van der Waals surface area contributed by atoms with Crippen molar-refractivity contribution in [2.75, 3.05) is 17.2 Å². The molecule has 1 atom stereocenters. The summed E-state index contributed by atoms with van der Waals surface area (Å²) in [6, 6.07) is 25.5. The quantitative estimate of drug-likeness (QED) is 0.167. The second-order valence-corrected chi connectivity index (χ2v) is 10.5. The second kappa shape index (κ2) is 12.2. The topological polar surface area (TPSA) is 81.1 Å². The van der Waals surface area contributed by atoms with Gasteiger partial charge in [-0.2, -0.15) is 4.98 Å². The van der Waals surface area contributed by atoms with E-state index in [1.54, 1.807) is 11.8 Å². The molecule has 0 bridgehead atoms. The SMILES string of the molecule is CCCCOc1cccc(C2C(C(=O)Nc3cccc(C)c3)=C(C)Nc3nc(SCc4ccccc4)nn32)c1. The molecule has 0 saturated heterocycles. The second-order valence-electron chi connectivity index (χ2n) is 9.60. The zero-order valence-corrected chi connectivity index (χ0v) is 23.3. The van der Waals surface area contributed by atoms with Gasteiger partial charge in [-0.3, -0.25) is 4.79 Å². The number of fused-ring (bicyclic) bond motifs is 1. The molecule has 0 radical (unpaired) electrons. The zero-order chi connectivity index (χ0) is 27.2. The van der Waals surface area contributed by atoms with Crippen LogP contribution in [-0.4, -0.2) is 27.3 Å². The Bertz CT molecular complexity index is 1480. The van der Waals surface area contributed by atoms with Crippen LogP contribution in [0, 0.1) is 6.92 Å². The van der Waals surface area contributed by atoms with Gasteiger partial charge in [0.25, 0.3) is 5.91 Å². The van der Waals surface area contributed by atoms with E-state index in [4.69, 9.17) is 14.8 Å². The van der Waals surface area contributed by atoms with Crippen molar-refractivity contribution in [3.8, 4) is 5.75 Å². The average Bonchev–Trinajstić information content (AvgIpc) is 3.34. The fourth-order valence-corrected chi connectivity index (χ4v) is 5.33. The normalized spacial score (nSPS) is 14.5. The van der Waals surface area contributed by atoms with E-state index in [1.165, 1.54) is 5.56 Å². The van der Waals surface area contributed by atoms with Gasteiger partial charge in [-0.25, -0.2) is 4.68 Å². The number of nitrogens with one attached hydrogen (secondary N) is 2. The summed E-state index contributed by atoms with van der Waals surface area (Å²) in [6.45, 7) is 6.71. The number of aryl methyl sites for hydroxylation is 1. The molecule has 1 aromatic heterocycles. The van der Waals surface area contributed by atoms with Crippen molar-refractivity contribution < 1.29 is 9.53 Å². The standard InChI is InChI=1S/C31H33N5O2S/c1-4-5-17-38-26-16-10-14-24(19-26)28-27(29(37)33-25-15-9-11-21(2)18-25)22(3)32-30-34-31(35-36(28)30)39-20-23-12-7-6-8-13-23/h6-16,18-19,28H,4-5,17,20H2,1-3H3,(H,33,37)(H,32,34,35). The lowest BCUT2D eigenvalue weighted by Crippen LogP contribution is -2.31. The fourth-order valence-electron chi connectivity index (χ4n) is 4.55. The summed E-state index contributed by atoms with van der Waals surface area (Å²) in [6.07, 6.45) is 2.04. The van der Waals surface area contributed by atoms with Crippen LogP contribution in [0.2, 0.25) is 0 Å². The van der Waals surface area contributed by atoms with Crippen molar-refractivity contribution >= 4 is 29.3 Å². The van der Waals surface area contributed by atoms with Crippen LogP contribution in [0.1, 0.15) is 49.4 Å². The van der Waals surface area contributed by atoms with E-state index in [0.29, 0.717) is 23.3 Å². The van der Waals surface area contributed by atoms with Crippen LogP contribution in [0.5, 0.6) is 5.75 Å². The maximum absolute atomic E-state index is 13.8. The lowest BCUT2D eigenvalue weighted by Gasteiger charge is -2.29. The predicted molar refractivity (Wildman–Crippen MR) is 157 cm³/mol. The lowest BCUT2D eigenvalue weighted by molar-refractivity contribution is -0.113. The molecule has 1 aliphatic heterocycles. The van der Waals surface area contributed by atoms with Gasteiger partial charge < -0.3 is 15.4 Å². The summed E-state index contributed by atoms with van der Waals surface area (Å²) >= 11 is 1.57. The Labute approximate surface area is 233 Å². The molecule has 0 fully saturated rings. The molecule has 1 unspecified atom stereocenters. The van der Waals surface area contributed by atoms with Gasteiger partial charge in [0.2, 0.25) is 11.1 Å². The lowest BCUT2D eigenvalue weighted by atomic mass is 9.94. The highest BCUT2D eigenvalue weighted by molar-refractivity contribution is 7.98. The van der Waals surface area contributed by atoms with Gasteiger partial charge in [0, 0.05) is 17.1 Å². The molecule has 39 heavy (non-hydrogen) atoms. The Kier molecular flexibility index (Phi) is 8.32. The number of aromatic nitrogens is 3. The highest BCUT2D eigenvalue weighted by Crippen LogP contribution is 2.38. The number of unbranched alkanes of at least 4 members (excludes halogenated alkanes) is 1. The number of carbonyl (C=O) groups is 1. The number of thioether (sulfide) groups is 1. The molecule has 2 heterocycles. The third-order valence-electron chi connectivity index (χ3n) is 6.50. The van der Waals surface area contributed by atoms with E-state index in [-0.39, 0.29) is 5.91 Å². The minimum Gasteiger partial charge on any atom is -0.494 e. The largest absolute Gasteiger partial charge is 0.494 e. The van der Waals surface area contributed by atoms with Crippen LogP contribution in [0.3, 0.4) is 0 Å². The van der Waals surface area contributed by atoms with Crippen molar-refractivity contribution in [2.45, 2.75) is 50.6 Å². The molecular formula is C31H33N5O2S. The third-order valence-corrected chi connectivity index (χ3v) is 7.41. The Hall–Kier alpha value is -4.04. The van der Waals surface area contributed by atoms with Gasteiger partial charge >= 0.3 is 0 Å². The number of allylic oxidation sites excluding steroid dienone is 1. The number of anilines is 2. The van der Waals surface area contributed by atoms with Crippen molar-refractivity contribution in [3.63, 3.8) is 0 Å². The van der Waals surface area contributed by atoms with Gasteiger partial charge in [-0.15, -0.1) is 5.10 Å². The summed E-state index contributed by atoms with van der Waals surface area (Å²) in [5.41, 5.74) is 5.25. The molecule has 0 spiro atoms. The maximum Gasteiger partial charge on any atom is 0.255 e. The Balaban J connectivity index is 1.49. The number of ether oxygens (including phenoxy) is 1. The molecule has 7 nitrogen and oxygen atoms in total. The Morgan fingerprint density at radius 3 is 2.67 bits per heavy atom. The van der Waals surface area contributed by atoms with Crippen LogP contribution < -0.4 is 15.4 Å². The van der Waals surface area contributed by atoms with Gasteiger partial charge in [0.05, 0.1) is 12.2 Å². The molecule has 0 saturated carbocycles. The molecule has 0 aliphatic carbocycles. The first-order valence-corrected chi connectivity index (χ1v) is 14.2. The van der Waals surface area contributed by atoms with E-state index in [9.17, 15) is 4.79 Å². The number of hydrogen-bond donors (Lipinski definition) is 2. The summed E-state index contributed by atoms with van der Waals surface area (Å²) in [5.74, 6) is 1.95. The van der Waals surface area contributed by atoms with E-state index in [2.05, 4.69) is 29.7 Å². The minimum atomic E-state index is -0.473. The molecule has 8 heteroatoms. The molecule has 5 rings (SSSR count). The van der Waals surface area contributed by atoms with E-state index in [0.717, 1.165) is 46.9 Å². The summed E-state index contributed by atoms with van der Waals surface area (Å²) < 4.78 is 7.82. The summed E-state index contributed by atoms with van der Waals surface area (Å²) in [5, 5.41) is 11.9. The van der Waals surface area contributed by atoms with Gasteiger partial charge in [0.1, 0.15) is 11.8 Å². The first-order chi connectivity index (χ1) is 19.0. The Morgan fingerprint density at radius 1 is 1.05 bits per heavy atom. The molecule has 1 amide bonds. The van der Waals surface area contributed by atoms with Crippen molar-refractivity contribution in [1.82, 2.24) is 14.8 Å². The average molecular weight is 540 g/mol. The molecule has 200 valence electrons.